The van der Waals surface area contributed by atoms with Gasteiger partial charge in [0.25, 0.3) is 0 Å². The summed E-state index contributed by atoms with van der Waals surface area (Å²) in [5.41, 5.74) is 1.23. The minimum absolute atomic E-state index is 0.0686. The van der Waals surface area contributed by atoms with E-state index < -0.39 is 0 Å². The lowest BCUT2D eigenvalue weighted by molar-refractivity contribution is -0.128. The van der Waals surface area contributed by atoms with Gasteiger partial charge < -0.3 is 10.6 Å². The van der Waals surface area contributed by atoms with Crippen molar-refractivity contribution in [2.24, 2.45) is 0 Å². The van der Waals surface area contributed by atoms with Gasteiger partial charge in [0.1, 0.15) is 0 Å². The highest BCUT2D eigenvalue weighted by molar-refractivity contribution is 5.81. The molecule has 150 valence electrons. The van der Waals surface area contributed by atoms with E-state index in [4.69, 9.17) is 0 Å². The van der Waals surface area contributed by atoms with E-state index in [9.17, 15) is 9.59 Å². The second kappa shape index (κ2) is 10.4. The van der Waals surface area contributed by atoms with Crippen molar-refractivity contribution in [1.29, 1.82) is 0 Å². The average Bonchev–Trinajstić information content (AvgIpc) is 2.65. The van der Waals surface area contributed by atoms with Crippen molar-refractivity contribution < 1.29 is 9.59 Å². The van der Waals surface area contributed by atoms with E-state index in [-0.39, 0.29) is 23.9 Å². The van der Waals surface area contributed by atoms with Gasteiger partial charge in [0, 0.05) is 38.8 Å². The largest absolute Gasteiger partial charge is 0.354 e. The van der Waals surface area contributed by atoms with Crippen LogP contribution in [0.5, 0.6) is 0 Å². The zero-order valence-electron chi connectivity index (χ0n) is 17.1. The quantitative estimate of drug-likeness (QED) is 0.723. The summed E-state index contributed by atoms with van der Waals surface area (Å²) in [5.74, 6) is 0.432. The number of benzene rings is 1. The van der Waals surface area contributed by atoms with Crippen LogP contribution in [-0.4, -0.2) is 73.0 Å². The van der Waals surface area contributed by atoms with Crippen molar-refractivity contribution in [3.8, 4) is 0 Å². The first-order chi connectivity index (χ1) is 12.9. The van der Waals surface area contributed by atoms with E-state index >= 15 is 0 Å². The molecule has 0 aliphatic carbocycles. The standard InChI is InChI=1S/C21H34N4O2/c1-16(2)23-20(26)15-24-10-12-25(13-11-24)18(4)21(27)22-14-17(3)19-8-6-5-7-9-19/h5-9,16-18H,10-15H2,1-4H3,(H,22,27)(H,23,26). The molecule has 2 rings (SSSR count). The summed E-state index contributed by atoms with van der Waals surface area (Å²) in [5, 5.41) is 6.01. The molecule has 2 atom stereocenters. The van der Waals surface area contributed by atoms with Crippen LogP contribution in [0.4, 0.5) is 0 Å². The zero-order valence-corrected chi connectivity index (χ0v) is 17.1. The third-order valence-electron chi connectivity index (χ3n) is 5.10. The van der Waals surface area contributed by atoms with Crippen LogP contribution in [-0.2, 0) is 9.59 Å². The van der Waals surface area contributed by atoms with Crippen LogP contribution in [0.3, 0.4) is 0 Å². The summed E-state index contributed by atoms with van der Waals surface area (Å²) in [6.45, 7) is 12.3. The number of rotatable bonds is 8. The second-order valence-corrected chi connectivity index (χ2v) is 7.77. The highest BCUT2D eigenvalue weighted by atomic mass is 16.2. The number of piperazine rings is 1. The van der Waals surface area contributed by atoms with E-state index in [1.165, 1.54) is 5.56 Å². The molecule has 0 saturated carbocycles. The Balaban J connectivity index is 1.72. The van der Waals surface area contributed by atoms with Crippen molar-refractivity contribution >= 4 is 11.8 Å². The molecule has 0 radical (unpaired) electrons. The molecule has 0 aromatic heterocycles. The van der Waals surface area contributed by atoms with Gasteiger partial charge in [-0.1, -0.05) is 37.3 Å². The number of amides is 2. The number of hydrogen-bond donors (Lipinski definition) is 2. The Morgan fingerprint density at radius 3 is 2.22 bits per heavy atom. The molecular formula is C21H34N4O2. The van der Waals surface area contributed by atoms with Gasteiger partial charge in [-0.2, -0.15) is 0 Å². The highest BCUT2D eigenvalue weighted by Gasteiger charge is 2.26. The van der Waals surface area contributed by atoms with Crippen LogP contribution in [0, 0.1) is 0 Å². The van der Waals surface area contributed by atoms with E-state index in [1.54, 1.807) is 0 Å². The summed E-state index contributed by atoms with van der Waals surface area (Å²) in [4.78, 5) is 28.8. The Labute approximate surface area is 163 Å². The maximum atomic E-state index is 12.5. The normalized spacial score (nSPS) is 18.1. The van der Waals surface area contributed by atoms with Crippen molar-refractivity contribution in [2.45, 2.75) is 45.7 Å². The lowest BCUT2D eigenvalue weighted by Gasteiger charge is -2.37. The molecule has 1 saturated heterocycles. The maximum absolute atomic E-state index is 12.5. The zero-order chi connectivity index (χ0) is 19.8. The van der Waals surface area contributed by atoms with E-state index in [2.05, 4.69) is 39.5 Å². The molecule has 0 spiro atoms. The monoisotopic (exact) mass is 374 g/mol. The molecule has 6 heteroatoms. The summed E-state index contributed by atoms with van der Waals surface area (Å²) >= 11 is 0. The molecule has 6 nitrogen and oxygen atoms in total. The van der Waals surface area contributed by atoms with Crippen molar-refractivity contribution in [2.75, 3.05) is 39.3 Å². The van der Waals surface area contributed by atoms with Crippen LogP contribution in [0.1, 0.15) is 39.2 Å². The van der Waals surface area contributed by atoms with Gasteiger partial charge in [0.05, 0.1) is 12.6 Å². The Kier molecular flexibility index (Phi) is 8.25. The topological polar surface area (TPSA) is 64.7 Å². The SMILES string of the molecule is CC(C)NC(=O)CN1CCN(C(C)C(=O)NCC(C)c2ccccc2)CC1. The van der Waals surface area contributed by atoms with Crippen molar-refractivity contribution in [1.82, 2.24) is 20.4 Å². The van der Waals surface area contributed by atoms with Crippen LogP contribution in [0.15, 0.2) is 30.3 Å². The fourth-order valence-electron chi connectivity index (χ4n) is 3.35. The van der Waals surface area contributed by atoms with Crippen LogP contribution >= 0.6 is 0 Å². The lowest BCUT2D eigenvalue weighted by atomic mass is 10.0. The van der Waals surface area contributed by atoms with E-state index in [0.29, 0.717) is 19.0 Å². The minimum atomic E-state index is -0.153. The number of nitrogens with zero attached hydrogens (tertiary/aromatic N) is 2. The Hall–Kier alpha value is -1.92. The average molecular weight is 375 g/mol. The molecule has 1 aromatic rings. The molecule has 0 bridgehead atoms. The number of carbonyl (C=O) groups is 2. The van der Waals surface area contributed by atoms with Gasteiger partial charge >= 0.3 is 0 Å². The Morgan fingerprint density at radius 2 is 1.63 bits per heavy atom. The number of nitrogens with one attached hydrogen (secondary N) is 2. The fraction of sp³-hybridized carbons (Fsp3) is 0.619. The molecule has 2 N–H and O–H groups in total. The van der Waals surface area contributed by atoms with E-state index in [0.717, 1.165) is 26.2 Å². The Morgan fingerprint density at radius 1 is 1.00 bits per heavy atom. The maximum Gasteiger partial charge on any atom is 0.237 e. The first-order valence-electron chi connectivity index (χ1n) is 9.95. The second-order valence-electron chi connectivity index (χ2n) is 7.77. The smallest absolute Gasteiger partial charge is 0.237 e. The fourth-order valence-corrected chi connectivity index (χ4v) is 3.35. The van der Waals surface area contributed by atoms with Crippen LogP contribution in [0.2, 0.25) is 0 Å². The van der Waals surface area contributed by atoms with Crippen molar-refractivity contribution in [3.05, 3.63) is 35.9 Å². The first kappa shape index (κ1) is 21.4. The summed E-state index contributed by atoms with van der Waals surface area (Å²) < 4.78 is 0. The van der Waals surface area contributed by atoms with Gasteiger partial charge in [0.2, 0.25) is 11.8 Å². The van der Waals surface area contributed by atoms with Crippen LogP contribution in [0.25, 0.3) is 0 Å². The minimum Gasteiger partial charge on any atom is -0.354 e. The molecule has 27 heavy (non-hydrogen) atoms. The summed E-state index contributed by atoms with van der Waals surface area (Å²) in [6, 6.07) is 10.3. The molecule has 1 aliphatic heterocycles. The van der Waals surface area contributed by atoms with Gasteiger partial charge in [-0.05, 0) is 32.3 Å². The molecule has 1 heterocycles. The van der Waals surface area contributed by atoms with Gasteiger partial charge in [-0.25, -0.2) is 0 Å². The molecule has 1 aromatic carbocycles. The predicted molar refractivity (Wildman–Crippen MR) is 109 cm³/mol. The van der Waals surface area contributed by atoms with Gasteiger partial charge in [-0.15, -0.1) is 0 Å². The first-order valence-corrected chi connectivity index (χ1v) is 9.95. The molecular weight excluding hydrogens is 340 g/mol. The molecule has 1 aliphatic rings. The highest BCUT2D eigenvalue weighted by Crippen LogP contribution is 2.13. The van der Waals surface area contributed by atoms with E-state index in [1.807, 2.05) is 39.0 Å². The Bertz CT molecular complexity index is 597. The molecule has 2 unspecified atom stereocenters. The number of carbonyl (C=O) groups excluding carboxylic acids is 2. The number of hydrogen-bond acceptors (Lipinski definition) is 4. The van der Waals surface area contributed by atoms with Crippen LogP contribution < -0.4 is 10.6 Å². The predicted octanol–water partition coefficient (Wildman–Crippen LogP) is 1.44. The molecule has 1 fully saturated rings. The van der Waals surface area contributed by atoms with Gasteiger partial charge in [-0.3, -0.25) is 19.4 Å². The molecule has 2 amide bonds. The third-order valence-corrected chi connectivity index (χ3v) is 5.10. The lowest BCUT2D eigenvalue weighted by Crippen LogP contribution is -2.55. The summed E-state index contributed by atoms with van der Waals surface area (Å²) in [6.07, 6.45) is 0. The van der Waals surface area contributed by atoms with Gasteiger partial charge in [0.15, 0.2) is 0 Å². The van der Waals surface area contributed by atoms with Crippen molar-refractivity contribution in [3.63, 3.8) is 0 Å². The third kappa shape index (κ3) is 6.96. The summed E-state index contributed by atoms with van der Waals surface area (Å²) in [7, 11) is 0.